The minimum Gasteiger partial charge on any atom is -0.490 e. The van der Waals surface area contributed by atoms with Crippen molar-refractivity contribution in [3.8, 4) is 11.5 Å². The maximum absolute atomic E-state index is 5.86. The number of H-pyrrole nitrogens is 1. The van der Waals surface area contributed by atoms with Crippen LogP contribution >= 0.6 is 12.2 Å². The molecule has 1 N–H and O–H groups in total. The van der Waals surface area contributed by atoms with Crippen molar-refractivity contribution >= 4 is 12.2 Å². The van der Waals surface area contributed by atoms with Gasteiger partial charge in [0.1, 0.15) is 0 Å². The van der Waals surface area contributed by atoms with E-state index in [1.165, 1.54) is 11.3 Å². The molecule has 128 valence electrons. The molecule has 0 spiro atoms. The molecule has 0 bridgehead atoms. The van der Waals surface area contributed by atoms with Crippen LogP contribution in [0.4, 0.5) is 0 Å². The molecule has 24 heavy (non-hydrogen) atoms. The number of benzene rings is 1. The molecule has 0 amide bonds. The summed E-state index contributed by atoms with van der Waals surface area (Å²) in [5.74, 6) is 1.68. The van der Waals surface area contributed by atoms with Crippen LogP contribution in [-0.4, -0.2) is 34.6 Å². The number of hydrogen-bond donors (Lipinski definition) is 1. The number of aromatic nitrogens is 2. The maximum Gasteiger partial charge on any atom is 0.196 e. The molecule has 0 aliphatic carbocycles. The summed E-state index contributed by atoms with van der Waals surface area (Å²) >= 11 is 5.11. The third-order valence-corrected chi connectivity index (χ3v) is 4.31. The van der Waals surface area contributed by atoms with E-state index in [9.17, 15) is 0 Å². The Morgan fingerprint density at radius 2 is 2.08 bits per heavy atom. The summed E-state index contributed by atoms with van der Waals surface area (Å²) in [7, 11) is 0. The quantitative estimate of drug-likeness (QED) is 0.812. The first kappa shape index (κ1) is 16.9. The molecule has 1 aromatic heterocycles. The largest absolute Gasteiger partial charge is 0.490 e. The van der Waals surface area contributed by atoms with Gasteiger partial charge < -0.3 is 14.5 Å². The van der Waals surface area contributed by atoms with Crippen LogP contribution in [0, 0.1) is 4.77 Å². The summed E-state index contributed by atoms with van der Waals surface area (Å²) in [6, 6.07) is 6.10. The van der Waals surface area contributed by atoms with Gasteiger partial charge >= 0.3 is 0 Å². The Hall–Kier alpha value is -1.92. The van der Waals surface area contributed by atoms with Crippen LogP contribution in [0.1, 0.15) is 30.7 Å². The number of para-hydroxylation sites is 1. The van der Waals surface area contributed by atoms with Crippen molar-refractivity contribution < 1.29 is 9.47 Å². The predicted molar refractivity (Wildman–Crippen MR) is 96.0 cm³/mol. The molecule has 1 aliphatic heterocycles. The second-order valence-electron chi connectivity index (χ2n) is 5.76. The highest BCUT2D eigenvalue weighted by Crippen LogP contribution is 2.33. The van der Waals surface area contributed by atoms with E-state index in [1.807, 2.05) is 32.2 Å². The molecule has 0 atom stereocenters. The molecule has 0 fully saturated rings. The average molecular weight is 345 g/mol. The summed E-state index contributed by atoms with van der Waals surface area (Å²) in [5.41, 5.74) is 3.58. The van der Waals surface area contributed by atoms with Crippen molar-refractivity contribution in [3.05, 3.63) is 46.0 Å². The molecular formula is C18H23N3O2S. The van der Waals surface area contributed by atoms with Gasteiger partial charge in [-0.2, -0.15) is 0 Å². The summed E-state index contributed by atoms with van der Waals surface area (Å²) in [5, 5.41) is 0. The predicted octanol–water partition coefficient (Wildman–Crippen LogP) is 3.49. The van der Waals surface area contributed by atoms with Gasteiger partial charge in [-0.25, -0.2) is 4.98 Å². The van der Waals surface area contributed by atoms with Gasteiger partial charge in [-0.1, -0.05) is 12.1 Å². The van der Waals surface area contributed by atoms with Crippen LogP contribution < -0.4 is 9.47 Å². The molecule has 1 aliphatic rings. The van der Waals surface area contributed by atoms with Gasteiger partial charge in [0, 0.05) is 49.1 Å². The van der Waals surface area contributed by atoms with Gasteiger partial charge in [-0.05, 0) is 32.1 Å². The summed E-state index contributed by atoms with van der Waals surface area (Å²) in [6.07, 6.45) is 2.84. The first-order valence-electron chi connectivity index (χ1n) is 8.38. The third-order valence-electron chi connectivity index (χ3n) is 4.10. The smallest absolute Gasteiger partial charge is 0.196 e. The minimum atomic E-state index is 0.560. The number of nitrogens with one attached hydrogen (secondary N) is 1. The SMILES string of the molecule is CCOc1cccc(CN2CCc3[nH]c(=S)ncc3C2)c1OCC. The van der Waals surface area contributed by atoms with Gasteiger partial charge in [-0.3, -0.25) is 4.90 Å². The molecule has 6 heteroatoms. The molecule has 2 aromatic rings. The number of rotatable bonds is 6. The molecule has 0 saturated heterocycles. The fourth-order valence-electron chi connectivity index (χ4n) is 3.04. The number of ether oxygens (including phenoxy) is 2. The summed E-state index contributed by atoms with van der Waals surface area (Å²) in [4.78, 5) is 9.81. The molecule has 0 radical (unpaired) electrons. The van der Waals surface area contributed by atoms with E-state index in [4.69, 9.17) is 21.7 Å². The van der Waals surface area contributed by atoms with E-state index < -0.39 is 0 Å². The fraction of sp³-hybridized carbons (Fsp3) is 0.444. The second-order valence-corrected chi connectivity index (χ2v) is 6.15. The lowest BCUT2D eigenvalue weighted by Crippen LogP contribution is -2.31. The van der Waals surface area contributed by atoms with Crippen molar-refractivity contribution in [3.63, 3.8) is 0 Å². The van der Waals surface area contributed by atoms with Crippen molar-refractivity contribution in [2.45, 2.75) is 33.4 Å². The number of fused-ring (bicyclic) bond motifs is 1. The van der Waals surface area contributed by atoms with Crippen LogP contribution in [0.5, 0.6) is 11.5 Å². The van der Waals surface area contributed by atoms with Gasteiger partial charge in [0.25, 0.3) is 0 Å². The van der Waals surface area contributed by atoms with Crippen molar-refractivity contribution in [1.82, 2.24) is 14.9 Å². The van der Waals surface area contributed by atoms with E-state index in [-0.39, 0.29) is 0 Å². The van der Waals surface area contributed by atoms with E-state index in [0.717, 1.165) is 43.1 Å². The van der Waals surface area contributed by atoms with Crippen molar-refractivity contribution in [2.75, 3.05) is 19.8 Å². The standard InChI is InChI=1S/C18H23N3O2S/c1-3-22-16-7-5-6-13(17(16)23-4-2)11-21-9-8-15-14(12-21)10-19-18(24)20-15/h5-7,10H,3-4,8-9,11-12H2,1-2H3,(H,19,20,24). The lowest BCUT2D eigenvalue weighted by molar-refractivity contribution is 0.232. The zero-order chi connectivity index (χ0) is 16.9. The number of nitrogens with zero attached hydrogens (tertiary/aromatic N) is 2. The molecule has 2 heterocycles. The van der Waals surface area contributed by atoms with Crippen LogP contribution in [0.15, 0.2) is 24.4 Å². The van der Waals surface area contributed by atoms with E-state index >= 15 is 0 Å². The lowest BCUT2D eigenvalue weighted by atomic mass is 10.1. The third kappa shape index (κ3) is 3.76. The highest BCUT2D eigenvalue weighted by atomic mass is 32.1. The molecule has 0 unspecified atom stereocenters. The van der Waals surface area contributed by atoms with Crippen LogP contribution in [0.2, 0.25) is 0 Å². The van der Waals surface area contributed by atoms with Gasteiger partial charge in [-0.15, -0.1) is 0 Å². The van der Waals surface area contributed by atoms with Crippen molar-refractivity contribution in [2.24, 2.45) is 0 Å². The Bertz CT molecular complexity index is 760. The zero-order valence-electron chi connectivity index (χ0n) is 14.2. The molecule has 0 saturated carbocycles. The summed E-state index contributed by atoms with van der Waals surface area (Å²) < 4.78 is 12.1. The Balaban J connectivity index is 1.80. The van der Waals surface area contributed by atoms with Crippen LogP contribution in [-0.2, 0) is 19.5 Å². The normalized spacial score (nSPS) is 14.2. The summed E-state index contributed by atoms with van der Waals surface area (Å²) in [6.45, 7) is 7.90. The average Bonchev–Trinajstić information content (AvgIpc) is 2.58. The van der Waals surface area contributed by atoms with Crippen molar-refractivity contribution in [1.29, 1.82) is 0 Å². The lowest BCUT2D eigenvalue weighted by Gasteiger charge is -2.29. The first-order valence-corrected chi connectivity index (χ1v) is 8.79. The Morgan fingerprint density at radius 3 is 2.88 bits per heavy atom. The van der Waals surface area contributed by atoms with E-state index in [1.54, 1.807) is 0 Å². The number of hydrogen-bond acceptors (Lipinski definition) is 5. The van der Waals surface area contributed by atoms with Gasteiger partial charge in [0.15, 0.2) is 16.3 Å². The van der Waals surface area contributed by atoms with Crippen LogP contribution in [0.25, 0.3) is 0 Å². The first-order chi connectivity index (χ1) is 11.7. The van der Waals surface area contributed by atoms with E-state index in [2.05, 4.69) is 20.9 Å². The molecule has 1 aromatic carbocycles. The Labute approximate surface area is 147 Å². The zero-order valence-corrected chi connectivity index (χ0v) is 15.0. The maximum atomic E-state index is 5.86. The van der Waals surface area contributed by atoms with E-state index in [0.29, 0.717) is 18.0 Å². The van der Waals surface area contributed by atoms with Crippen LogP contribution in [0.3, 0.4) is 0 Å². The van der Waals surface area contributed by atoms with Gasteiger partial charge in [0.05, 0.1) is 13.2 Å². The highest BCUT2D eigenvalue weighted by molar-refractivity contribution is 7.71. The monoisotopic (exact) mass is 345 g/mol. The molecule has 5 nitrogen and oxygen atoms in total. The minimum absolute atomic E-state index is 0.560. The second kappa shape index (κ2) is 7.77. The fourth-order valence-corrected chi connectivity index (χ4v) is 3.22. The highest BCUT2D eigenvalue weighted by Gasteiger charge is 2.19. The Kier molecular flexibility index (Phi) is 5.48. The Morgan fingerprint density at radius 1 is 1.25 bits per heavy atom. The van der Waals surface area contributed by atoms with Gasteiger partial charge in [0.2, 0.25) is 0 Å². The molecular weight excluding hydrogens is 322 g/mol. The number of aromatic amines is 1. The topological polar surface area (TPSA) is 50.4 Å². The molecule has 3 rings (SSSR count).